The molecule has 0 radical (unpaired) electrons. The lowest BCUT2D eigenvalue weighted by atomic mass is 9.96. The van der Waals surface area contributed by atoms with Crippen molar-refractivity contribution >= 4 is 21.4 Å². The van der Waals surface area contributed by atoms with Gasteiger partial charge in [-0.25, -0.2) is 0 Å². The van der Waals surface area contributed by atoms with Gasteiger partial charge in [-0.05, 0) is 43.2 Å². The Hall–Kier alpha value is -0.900. The van der Waals surface area contributed by atoms with Gasteiger partial charge in [-0.2, -0.15) is 0 Å². The van der Waals surface area contributed by atoms with E-state index in [4.69, 9.17) is 4.74 Å². The second kappa shape index (κ2) is 6.91. The molecule has 2 aromatic rings. The molecule has 1 heterocycles. The minimum Gasteiger partial charge on any atom is -0.373 e. The Balaban J connectivity index is 1.75. The number of ether oxygens (including phenoxy) is 1. The van der Waals surface area contributed by atoms with Gasteiger partial charge in [-0.1, -0.05) is 32.0 Å². The number of rotatable bonds is 7. The van der Waals surface area contributed by atoms with Crippen LogP contribution in [0.2, 0.25) is 0 Å². The molecular weight excluding hydrogens is 278 g/mol. The summed E-state index contributed by atoms with van der Waals surface area (Å²) in [4.78, 5) is 1.44. The standard InChI is InChI=1S/C18H25NOS/c1-13(2)10-19-11-18-16(12-20-14-6-5-7-14)15-8-3-4-9-17(15)21-18/h3-4,8-9,13-14,19H,5-7,10-12H2,1-2H3. The Morgan fingerprint density at radius 2 is 2.10 bits per heavy atom. The van der Waals surface area contributed by atoms with E-state index in [9.17, 15) is 0 Å². The van der Waals surface area contributed by atoms with Crippen LogP contribution in [0.25, 0.3) is 10.1 Å². The van der Waals surface area contributed by atoms with E-state index >= 15 is 0 Å². The van der Waals surface area contributed by atoms with Gasteiger partial charge in [-0.3, -0.25) is 0 Å². The summed E-state index contributed by atoms with van der Waals surface area (Å²) in [5, 5.41) is 4.95. The van der Waals surface area contributed by atoms with Gasteiger partial charge in [0.1, 0.15) is 0 Å². The molecule has 21 heavy (non-hydrogen) atoms. The SMILES string of the molecule is CC(C)CNCc1sc2ccccc2c1COC1CCC1. The van der Waals surface area contributed by atoms with E-state index in [0.29, 0.717) is 12.0 Å². The molecule has 1 saturated carbocycles. The fourth-order valence-electron chi connectivity index (χ4n) is 2.66. The van der Waals surface area contributed by atoms with E-state index in [2.05, 4.69) is 43.4 Å². The monoisotopic (exact) mass is 303 g/mol. The molecule has 0 saturated heterocycles. The molecule has 0 aliphatic heterocycles. The molecule has 1 aromatic carbocycles. The Kier molecular flexibility index (Phi) is 4.94. The first-order valence-corrected chi connectivity index (χ1v) is 8.87. The number of benzene rings is 1. The van der Waals surface area contributed by atoms with E-state index < -0.39 is 0 Å². The zero-order chi connectivity index (χ0) is 14.7. The Morgan fingerprint density at radius 1 is 1.29 bits per heavy atom. The van der Waals surface area contributed by atoms with Crippen LogP contribution in [0, 0.1) is 5.92 Å². The molecule has 1 aliphatic carbocycles. The molecule has 114 valence electrons. The van der Waals surface area contributed by atoms with Gasteiger partial charge in [-0.15, -0.1) is 11.3 Å². The zero-order valence-corrected chi connectivity index (χ0v) is 13.8. The molecule has 0 unspecified atom stereocenters. The third-order valence-corrected chi connectivity index (χ3v) is 5.35. The molecule has 0 spiro atoms. The molecule has 1 aliphatic rings. The van der Waals surface area contributed by atoms with Crippen molar-refractivity contribution in [3.63, 3.8) is 0 Å². The second-order valence-corrected chi connectivity index (χ2v) is 7.53. The van der Waals surface area contributed by atoms with Crippen molar-refractivity contribution in [3.05, 3.63) is 34.7 Å². The van der Waals surface area contributed by atoms with Crippen molar-refractivity contribution in [1.29, 1.82) is 0 Å². The summed E-state index contributed by atoms with van der Waals surface area (Å²) in [6.45, 7) is 7.29. The van der Waals surface area contributed by atoms with Gasteiger partial charge in [0, 0.05) is 21.7 Å². The van der Waals surface area contributed by atoms with E-state index in [0.717, 1.165) is 19.7 Å². The van der Waals surface area contributed by atoms with Crippen molar-refractivity contribution in [3.8, 4) is 0 Å². The number of fused-ring (bicyclic) bond motifs is 1. The first-order valence-electron chi connectivity index (χ1n) is 8.05. The van der Waals surface area contributed by atoms with Gasteiger partial charge >= 0.3 is 0 Å². The third kappa shape index (κ3) is 3.65. The Labute approximate surface area is 131 Å². The van der Waals surface area contributed by atoms with Gasteiger partial charge in [0.25, 0.3) is 0 Å². The first-order chi connectivity index (χ1) is 10.2. The van der Waals surface area contributed by atoms with Crippen LogP contribution in [0.3, 0.4) is 0 Å². The van der Waals surface area contributed by atoms with Crippen LogP contribution in [0.1, 0.15) is 43.6 Å². The summed E-state index contributed by atoms with van der Waals surface area (Å²) >= 11 is 1.91. The maximum absolute atomic E-state index is 6.08. The number of thiophene rings is 1. The highest BCUT2D eigenvalue weighted by molar-refractivity contribution is 7.19. The van der Waals surface area contributed by atoms with Crippen molar-refractivity contribution in [2.75, 3.05) is 6.54 Å². The summed E-state index contributed by atoms with van der Waals surface area (Å²) in [6, 6.07) is 8.71. The number of hydrogen-bond acceptors (Lipinski definition) is 3. The van der Waals surface area contributed by atoms with Crippen LogP contribution < -0.4 is 5.32 Å². The van der Waals surface area contributed by atoms with E-state index in [-0.39, 0.29) is 0 Å². The van der Waals surface area contributed by atoms with Gasteiger partial charge in [0.05, 0.1) is 12.7 Å². The highest BCUT2D eigenvalue weighted by Crippen LogP contribution is 2.33. The van der Waals surface area contributed by atoms with Crippen LogP contribution in [-0.4, -0.2) is 12.6 Å². The molecule has 1 N–H and O–H groups in total. The third-order valence-electron chi connectivity index (χ3n) is 4.14. The van der Waals surface area contributed by atoms with Crippen molar-refractivity contribution < 1.29 is 4.74 Å². The summed E-state index contributed by atoms with van der Waals surface area (Å²) < 4.78 is 7.46. The van der Waals surface area contributed by atoms with E-state index in [1.54, 1.807) is 0 Å². The molecule has 0 bridgehead atoms. The van der Waals surface area contributed by atoms with Crippen LogP contribution in [-0.2, 0) is 17.9 Å². The van der Waals surface area contributed by atoms with Gasteiger partial charge < -0.3 is 10.1 Å². The van der Waals surface area contributed by atoms with E-state index in [1.165, 1.54) is 39.8 Å². The lowest BCUT2D eigenvalue weighted by molar-refractivity contribution is -0.00832. The smallest absolute Gasteiger partial charge is 0.0738 e. The predicted octanol–water partition coefficient (Wildman–Crippen LogP) is 4.72. The molecule has 3 rings (SSSR count). The highest BCUT2D eigenvalue weighted by atomic mass is 32.1. The largest absolute Gasteiger partial charge is 0.373 e. The Bertz CT molecular complexity index is 586. The van der Waals surface area contributed by atoms with Crippen molar-refractivity contribution in [1.82, 2.24) is 5.32 Å². The summed E-state index contributed by atoms with van der Waals surface area (Å²) in [5.41, 5.74) is 1.40. The van der Waals surface area contributed by atoms with Crippen molar-refractivity contribution in [2.45, 2.75) is 52.4 Å². The lowest BCUT2D eigenvalue weighted by Crippen LogP contribution is -2.22. The minimum atomic E-state index is 0.500. The number of nitrogens with one attached hydrogen (secondary N) is 1. The molecular formula is C18H25NOS. The summed E-state index contributed by atoms with van der Waals surface area (Å²) in [5.74, 6) is 0.689. The molecule has 1 fully saturated rings. The summed E-state index contributed by atoms with van der Waals surface area (Å²) in [6.07, 6.45) is 4.31. The molecule has 0 atom stereocenters. The molecule has 3 heteroatoms. The Morgan fingerprint density at radius 3 is 2.81 bits per heavy atom. The van der Waals surface area contributed by atoms with E-state index in [1.807, 2.05) is 11.3 Å². The van der Waals surface area contributed by atoms with Crippen LogP contribution in [0.5, 0.6) is 0 Å². The topological polar surface area (TPSA) is 21.3 Å². The summed E-state index contributed by atoms with van der Waals surface area (Å²) in [7, 11) is 0. The quantitative estimate of drug-likeness (QED) is 0.799. The van der Waals surface area contributed by atoms with Gasteiger partial charge in [0.15, 0.2) is 0 Å². The first kappa shape index (κ1) is 15.0. The van der Waals surface area contributed by atoms with Crippen LogP contribution in [0.15, 0.2) is 24.3 Å². The van der Waals surface area contributed by atoms with Gasteiger partial charge in [0.2, 0.25) is 0 Å². The molecule has 0 amide bonds. The average Bonchev–Trinajstić information content (AvgIpc) is 2.75. The molecule has 1 aromatic heterocycles. The average molecular weight is 303 g/mol. The lowest BCUT2D eigenvalue weighted by Gasteiger charge is -2.25. The fourth-order valence-corrected chi connectivity index (χ4v) is 3.84. The number of hydrogen-bond donors (Lipinski definition) is 1. The van der Waals surface area contributed by atoms with Crippen molar-refractivity contribution in [2.24, 2.45) is 5.92 Å². The minimum absolute atomic E-state index is 0.500. The normalized spacial score (nSPS) is 15.8. The predicted molar refractivity (Wildman–Crippen MR) is 90.8 cm³/mol. The maximum Gasteiger partial charge on any atom is 0.0738 e. The molecule has 2 nitrogen and oxygen atoms in total. The second-order valence-electron chi connectivity index (χ2n) is 6.39. The maximum atomic E-state index is 6.08. The fraction of sp³-hybridized carbons (Fsp3) is 0.556. The van der Waals surface area contributed by atoms with Crippen LogP contribution >= 0.6 is 11.3 Å². The van der Waals surface area contributed by atoms with Crippen LogP contribution in [0.4, 0.5) is 0 Å². The zero-order valence-electron chi connectivity index (χ0n) is 13.0. The highest BCUT2D eigenvalue weighted by Gasteiger charge is 2.19.